The lowest BCUT2D eigenvalue weighted by Gasteiger charge is -2.14. The zero-order valence-corrected chi connectivity index (χ0v) is 15.0. The van der Waals surface area contributed by atoms with Gasteiger partial charge in [0, 0.05) is 44.7 Å². The minimum absolute atomic E-state index is 0.126. The van der Waals surface area contributed by atoms with Crippen molar-refractivity contribution in [2.24, 2.45) is 7.05 Å². The number of sulfonamides is 1. The number of fused-ring (bicyclic) bond motifs is 1. The van der Waals surface area contributed by atoms with Crippen LogP contribution in [-0.2, 0) is 17.1 Å². The van der Waals surface area contributed by atoms with Gasteiger partial charge in [0.15, 0.2) is 12.3 Å². The number of hydroxylamine groups is 1. The van der Waals surface area contributed by atoms with Gasteiger partial charge in [-0.25, -0.2) is 17.5 Å². The van der Waals surface area contributed by atoms with Crippen LogP contribution in [0, 0.1) is 5.21 Å². The van der Waals surface area contributed by atoms with Crippen molar-refractivity contribution in [3.63, 3.8) is 0 Å². The fraction of sp³-hybridized carbons (Fsp3) is 0.438. The van der Waals surface area contributed by atoms with Gasteiger partial charge in [-0.3, -0.25) is 0 Å². The monoisotopic (exact) mass is 337 g/mol. The molecule has 0 radical (unpaired) electrons. The molecule has 1 unspecified atom stereocenters. The molecule has 2 aromatic rings. The average Bonchev–Trinajstić information content (AvgIpc) is 2.89. The van der Waals surface area contributed by atoms with Crippen LogP contribution in [0.5, 0.6) is 0 Å². The lowest BCUT2D eigenvalue weighted by atomic mass is 10.1. The predicted molar refractivity (Wildman–Crippen MR) is 92.3 cm³/mol. The van der Waals surface area contributed by atoms with E-state index < -0.39 is 10.0 Å². The normalized spacial score (nSPS) is 14.6. The molecule has 126 valence electrons. The van der Waals surface area contributed by atoms with Gasteiger partial charge in [-0.15, -0.1) is 0 Å². The topological polar surface area (TPSA) is 68.4 Å². The largest absolute Gasteiger partial charge is 0.624 e. The molecule has 0 bridgehead atoms. The van der Waals surface area contributed by atoms with Crippen LogP contribution in [-0.4, -0.2) is 48.4 Å². The first-order chi connectivity index (χ1) is 10.7. The lowest BCUT2D eigenvalue weighted by molar-refractivity contribution is -0.492. The van der Waals surface area contributed by atoms with Crippen LogP contribution < -0.4 is 0 Å². The molecule has 1 heterocycles. The quantitative estimate of drug-likeness (QED) is 0.363. The summed E-state index contributed by atoms with van der Waals surface area (Å²) < 4.78 is 28.9. The molecule has 0 aliphatic heterocycles. The van der Waals surface area contributed by atoms with E-state index in [-0.39, 0.29) is 10.9 Å². The van der Waals surface area contributed by atoms with Crippen LogP contribution in [0.4, 0.5) is 0 Å². The second kappa shape index (κ2) is 6.33. The van der Waals surface area contributed by atoms with Crippen molar-refractivity contribution in [1.29, 1.82) is 0 Å². The van der Waals surface area contributed by atoms with E-state index in [4.69, 9.17) is 0 Å². The highest BCUT2D eigenvalue weighted by Crippen LogP contribution is 2.27. The van der Waals surface area contributed by atoms with Gasteiger partial charge in [-0.1, -0.05) is 6.92 Å². The number of aromatic nitrogens is 1. The molecule has 0 saturated heterocycles. The minimum atomic E-state index is -3.56. The molecule has 0 aliphatic rings. The Hall–Kier alpha value is -1.86. The molecule has 0 saturated carbocycles. The Kier molecular flexibility index (Phi) is 4.81. The summed E-state index contributed by atoms with van der Waals surface area (Å²) >= 11 is 0. The van der Waals surface area contributed by atoms with Gasteiger partial charge in [0.1, 0.15) is 4.90 Å². The Balaban J connectivity index is 2.72. The van der Waals surface area contributed by atoms with Crippen molar-refractivity contribution in [2.45, 2.75) is 31.2 Å². The second-order valence-electron chi connectivity index (χ2n) is 5.88. The molecule has 7 heteroatoms. The average molecular weight is 337 g/mol. The number of hydrogen-bond donors (Lipinski definition) is 0. The maximum absolute atomic E-state index is 12.5. The summed E-state index contributed by atoms with van der Waals surface area (Å²) in [5.41, 5.74) is 1.32. The molecule has 0 aliphatic carbocycles. The molecule has 0 N–H and O–H groups in total. The van der Waals surface area contributed by atoms with Crippen molar-refractivity contribution in [2.75, 3.05) is 14.1 Å². The third kappa shape index (κ3) is 3.11. The molecule has 2 rings (SSSR count). The van der Waals surface area contributed by atoms with Crippen LogP contribution >= 0.6 is 0 Å². The molecule has 6 nitrogen and oxygen atoms in total. The van der Waals surface area contributed by atoms with E-state index in [1.807, 2.05) is 19.9 Å². The fourth-order valence-corrected chi connectivity index (χ4v) is 3.50. The van der Waals surface area contributed by atoms with Crippen molar-refractivity contribution in [3.8, 4) is 0 Å². The molecule has 1 aromatic carbocycles. The summed E-state index contributed by atoms with van der Waals surface area (Å²) in [4.78, 5) is 0.239. The van der Waals surface area contributed by atoms with Gasteiger partial charge < -0.3 is 9.77 Å². The molecular weight excluding hydrogens is 314 g/mol. The van der Waals surface area contributed by atoms with Gasteiger partial charge in [0.05, 0.1) is 5.52 Å². The van der Waals surface area contributed by atoms with Gasteiger partial charge in [-0.2, -0.15) is 0 Å². The van der Waals surface area contributed by atoms with E-state index >= 15 is 0 Å². The highest BCUT2D eigenvalue weighted by molar-refractivity contribution is 7.89. The van der Waals surface area contributed by atoms with Gasteiger partial charge in [0.25, 0.3) is 0 Å². The van der Waals surface area contributed by atoms with E-state index in [2.05, 4.69) is 0 Å². The summed E-state index contributed by atoms with van der Waals surface area (Å²) in [5.74, 6) is 0. The Morgan fingerprint density at radius 1 is 1.35 bits per heavy atom. The number of nitrogens with zero attached hydrogens (tertiary/aromatic N) is 3. The van der Waals surface area contributed by atoms with E-state index in [0.29, 0.717) is 11.1 Å². The van der Waals surface area contributed by atoms with Gasteiger partial charge >= 0.3 is 0 Å². The number of benzene rings is 1. The molecule has 0 fully saturated rings. The number of aryl methyl sites for hydroxylation is 1. The van der Waals surface area contributed by atoms with Crippen molar-refractivity contribution in [1.82, 2.24) is 8.87 Å². The first-order valence-electron chi connectivity index (χ1n) is 7.51. The smallest absolute Gasteiger partial charge is 0.244 e. The van der Waals surface area contributed by atoms with Gasteiger partial charge in [-0.05, 0) is 25.1 Å². The third-order valence-electron chi connectivity index (χ3n) is 4.08. The van der Waals surface area contributed by atoms with Crippen LogP contribution in [0.3, 0.4) is 0 Å². The third-order valence-corrected chi connectivity index (χ3v) is 5.93. The fourth-order valence-electron chi connectivity index (χ4n) is 2.37. The van der Waals surface area contributed by atoms with E-state index in [1.54, 1.807) is 29.9 Å². The van der Waals surface area contributed by atoms with Crippen molar-refractivity contribution < 1.29 is 13.2 Å². The summed E-state index contributed by atoms with van der Waals surface area (Å²) in [7, 11) is 1.25. The summed E-state index contributed by atoms with van der Waals surface area (Å²) in [6.07, 6.45) is 4.07. The molecule has 23 heavy (non-hydrogen) atoms. The maximum atomic E-state index is 12.5. The number of hydrogen-bond acceptors (Lipinski definition) is 3. The van der Waals surface area contributed by atoms with E-state index in [0.717, 1.165) is 16.5 Å². The SMILES string of the molecule is CCC(C)/[N+]([O-])=C/c1ccc(S(=O)(=O)N(C)C)c2c1ccn2C. The Bertz CT molecular complexity index is 851. The zero-order chi connectivity index (χ0) is 17.4. The predicted octanol–water partition coefficient (Wildman–Crippen LogP) is 2.16. The Labute approximate surface area is 137 Å². The highest BCUT2D eigenvalue weighted by Gasteiger charge is 2.23. The summed E-state index contributed by atoms with van der Waals surface area (Å²) in [5, 5.41) is 12.9. The van der Waals surface area contributed by atoms with Gasteiger partial charge in [0.2, 0.25) is 10.0 Å². The molecular formula is C16H23N3O3S. The van der Waals surface area contributed by atoms with Crippen molar-refractivity contribution >= 4 is 27.1 Å². The zero-order valence-electron chi connectivity index (χ0n) is 14.1. The first kappa shape index (κ1) is 17.5. The van der Waals surface area contributed by atoms with E-state index in [9.17, 15) is 13.6 Å². The number of rotatable bonds is 5. The highest BCUT2D eigenvalue weighted by atomic mass is 32.2. The standard InChI is InChI=1S/C16H23N3O3S/c1-6-12(2)19(20)11-13-7-8-15(23(21,22)17(3)4)16-14(13)9-10-18(16)5/h7-12H,6H2,1-5H3/b19-11-. The van der Waals surface area contributed by atoms with Crippen LogP contribution in [0.2, 0.25) is 0 Å². The van der Waals surface area contributed by atoms with Crippen molar-refractivity contribution in [3.05, 3.63) is 35.2 Å². The van der Waals surface area contributed by atoms with Crippen LogP contribution in [0.1, 0.15) is 25.8 Å². The Morgan fingerprint density at radius 2 is 2.00 bits per heavy atom. The van der Waals surface area contributed by atoms with Crippen LogP contribution in [0.15, 0.2) is 29.3 Å². The molecule has 1 aromatic heterocycles. The summed E-state index contributed by atoms with van der Waals surface area (Å²) in [6, 6.07) is 4.96. The minimum Gasteiger partial charge on any atom is -0.624 e. The Morgan fingerprint density at radius 3 is 2.57 bits per heavy atom. The van der Waals surface area contributed by atoms with E-state index in [1.165, 1.54) is 24.6 Å². The summed E-state index contributed by atoms with van der Waals surface area (Å²) in [6.45, 7) is 3.81. The first-order valence-corrected chi connectivity index (χ1v) is 8.95. The second-order valence-corrected chi connectivity index (χ2v) is 8.00. The lowest BCUT2D eigenvalue weighted by Crippen LogP contribution is -2.23. The maximum Gasteiger partial charge on any atom is 0.244 e. The van der Waals surface area contributed by atoms with Crippen LogP contribution in [0.25, 0.3) is 10.9 Å². The molecule has 1 atom stereocenters. The molecule has 0 spiro atoms. The molecule has 0 amide bonds.